The topological polar surface area (TPSA) is 61.6 Å². The molecule has 1 aromatic rings. The molecule has 0 atom stereocenters. The van der Waals surface area contributed by atoms with E-state index in [0.717, 1.165) is 0 Å². The summed E-state index contributed by atoms with van der Waals surface area (Å²) in [6.45, 7) is 4.00. The van der Waals surface area contributed by atoms with Crippen LogP contribution in [0.5, 0.6) is 0 Å². The van der Waals surface area contributed by atoms with E-state index in [1.54, 1.807) is 7.05 Å². The number of hydrogen-bond acceptors (Lipinski definition) is 4. The van der Waals surface area contributed by atoms with E-state index >= 15 is 0 Å². The van der Waals surface area contributed by atoms with Crippen molar-refractivity contribution in [2.75, 3.05) is 12.4 Å². The maximum absolute atomic E-state index is 8.33. The van der Waals surface area contributed by atoms with Crippen LogP contribution in [0.15, 0.2) is 12.4 Å². The van der Waals surface area contributed by atoms with Crippen molar-refractivity contribution in [1.82, 2.24) is 9.97 Å². The van der Waals surface area contributed by atoms with Gasteiger partial charge in [0.25, 0.3) is 0 Å². The molecule has 0 spiro atoms. The second-order valence-corrected chi connectivity index (χ2v) is 1.65. The molecule has 0 aliphatic heterocycles. The van der Waals surface area contributed by atoms with E-state index in [4.69, 9.17) is 5.26 Å². The van der Waals surface area contributed by atoms with Crippen LogP contribution in [-0.4, -0.2) is 17.0 Å². The second-order valence-electron chi connectivity index (χ2n) is 1.65. The lowest BCUT2D eigenvalue weighted by atomic mass is 10.5. The van der Waals surface area contributed by atoms with E-state index in [9.17, 15) is 0 Å². The third-order valence-corrected chi connectivity index (χ3v) is 1.02. The third-order valence-electron chi connectivity index (χ3n) is 1.02. The van der Waals surface area contributed by atoms with Crippen LogP contribution in [0.3, 0.4) is 0 Å². The second kappa shape index (κ2) is 6.10. The van der Waals surface area contributed by atoms with Crippen molar-refractivity contribution < 1.29 is 0 Å². The Morgan fingerprint density at radius 2 is 2.00 bits per heavy atom. The fourth-order valence-corrected chi connectivity index (χ4v) is 0.515. The highest BCUT2D eigenvalue weighted by atomic mass is 15.0. The first-order chi connectivity index (χ1) is 5.86. The molecule has 0 aliphatic rings. The van der Waals surface area contributed by atoms with Crippen molar-refractivity contribution in [3.05, 3.63) is 18.1 Å². The minimum Gasteiger partial charge on any atom is -0.372 e. The van der Waals surface area contributed by atoms with Crippen molar-refractivity contribution in [1.29, 1.82) is 5.26 Å². The Hall–Kier alpha value is -1.63. The monoisotopic (exact) mass is 164 g/mol. The first-order valence-electron chi connectivity index (χ1n) is 3.76. The molecule has 0 aromatic carbocycles. The minimum absolute atomic E-state index is 0.332. The molecule has 0 unspecified atom stereocenters. The zero-order valence-electron chi connectivity index (χ0n) is 7.50. The average Bonchev–Trinajstić information content (AvgIpc) is 2.21. The van der Waals surface area contributed by atoms with Crippen LogP contribution in [-0.2, 0) is 0 Å². The molecule has 1 N–H and O–H groups in total. The molecule has 0 bridgehead atoms. The minimum atomic E-state index is 0.332. The maximum Gasteiger partial charge on any atom is 0.158 e. The van der Waals surface area contributed by atoms with Crippen molar-refractivity contribution in [2.45, 2.75) is 13.8 Å². The van der Waals surface area contributed by atoms with Crippen LogP contribution in [0, 0.1) is 11.3 Å². The summed E-state index contributed by atoms with van der Waals surface area (Å²) >= 11 is 0. The fraction of sp³-hybridized carbons (Fsp3) is 0.375. The summed E-state index contributed by atoms with van der Waals surface area (Å²) in [5.74, 6) is 0.666. The average molecular weight is 164 g/mol. The van der Waals surface area contributed by atoms with Gasteiger partial charge in [-0.1, -0.05) is 13.8 Å². The number of nitrogens with one attached hydrogen (secondary N) is 1. The highest BCUT2D eigenvalue weighted by molar-refractivity contribution is 5.31. The van der Waals surface area contributed by atoms with Crippen molar-refractivity contribution in [3.63, 3.8) is 0 Å². The smallest absolute Gasteiger partial charge is 0.158 e. The Morgan fingerprint density at radius 1 is 1.33 bits per heavy atom. The summed E-state index contributed by atoms with van der Waals surface area (Å²) in [4.78, 5) is 7.65. The Morgan fingerprint density at radius 3 is 2.33 bits per heavy atom. The molecule has 0 fully saturated rings. The number of rotatable bonds is 1. The van der Waals surface area contributed by atoms with Crippen LogP contribution >= 0.6 is 0 Å². The van der Waals surface area contributed by atoms with Gasteiger partial charge in [0, 0.05) is 7.05 Å². The molecule has 64 valence electrons. The highest BCUT2D eigenvalue weighted by Gasteiger charge is 1.90. The molecule has 4 nitrogen and oxygen atoms in total. The third kappa shape index (κ3) is 2.97. The Balaban J connectivity index is 0.000000561. The van der Waals surface area contributed by atoms with Gasteiger partial charge < -0.3 is 5.32 Å². The Kier molecular flexibility index (Phi) is 5.28. The zero-order chi connectivity index (χ0) is 9.40. The molecule has 0 amide bonds. The molecule has 0 saturated heterocycles. The number of nitriles is 1. The lowest BCUT2D eigenvalue weighted by molar-refractivity contribution is 1.15. The van der Waals surface area contributed by atoms with E-state index in [1.807, 2.05) is 19.9 Å². The molecule has 1 rings (SSSR count). The Bertz CT molecular complexity index is 247. The lowest BCUT2D eigenvalue weighted by Gasteiger charge is -1.94. The van der Waals surface area contributed by atoms with Gasteiger partial charge in [-0.15, -0.1) is 0 Å². The zero-order valence-corrected chi connectivity index (χ0v) is 7.50. The number of aromatic nitrogens is 2. The first-order valence-corrected chi connectivity index (χ1v) is 3.76. The van der Waals surface area contributed by atoms with Crippen LogP contribution in [0.1, 0.15) is 19.5 Å². The van der Waals surface area contributed by atoms with Gasteiger partial charge in [-0.25, -0.2) is 9.97 Å². The molecule has 0 saturated carbocycles. The molecule has 0 aliphatic carbocycles. The van der Waals surface area contributed by atoms with Gasteiger partial charge in [-0.2, -0.15) is 5.26 Å². The molecule has 12 heavy (non-hydrogen) atoms. The normalized spacial score (nSPS) is 7.50. The summed E-state index contributed by atoms with van der Waals surface area (Å²) in [5.41, 5.74) is 0.332. The van der Waals surface area contributed by atoms with Gasteiger partial charge in [0.05, 0.1) is 12.4 Å². The molecule has 1 aromatic heterocycles. The van der Waals surface area contributed by atoms with E-state index in [-0.39, 0.29) is 0 Å². The number of nitrogens with zero attached hydrogens (tertiary/aromatic N) is 3. The quantitative estimate of drug-likeness (QED) is 0.681. The molecule has 0 radical (unpaired) electrons. The van der Waals surface area contributed by atoms with Gasteiger partial charge in [0.15, 0.2) is 5.69 Å². The lowest BCUT2D eigenvalue weighted by Crippen LogP contribution is -1.93. The van der Waals surface area contributed by atoms with Gasteiger partial charge >= 0.3 is 0 Å². The summed E-state index contributed by atoms with van der Waals surface area (Å²) in [6, 6.07) is 1.88. The predicted octanol–water partition coefficient (Wildman–Crippen LogP) is 1.42. The summed E-state index contributed by atoms with van der Waals surface area (Å²) in [5, 5.41) is 11.1. The Labute approximate surface area is 72.3 Å². The number of anilines is 1. The molecule has 1 heterocycles. The van der Waals surface area contributed by atoms with E-state index in [1.165, 1.54) is 12.4 Å². The van der Waals surface area contributed by atoms with E-state index < -0.39 is 0 Å². The van der Waals surface area contributed by atoms with Crippen LogP contribution in [0.25, 0.3) is 0 Å². The van der Waals surface area contributed by atoms with E-state index in [2.05, 4.69) is 15.3 Å². The van der Waals surface area contributed by atoms with Crippen LogP contribution < -0.4 is 5.32 Å². The van der Waals surface area contributed by atoms with Crippen molar-refractivity contribution in [2.24, 2.45) is 0 Å². The largest absolute Gasteiger partial charge is 0.372 e. The summed E-state index contributed by atoms with van der Waals surface area (Å²) in [7, 11) is 1.75. The van der Waals surface area contributed by atoms with Gasteiger partial charge in [-0.05, 0) is 0 Å². The fourth-order valence-electron chi connectivity index (χ4n) is 0.515. The van der Waals surface area contributed by atoms with Gasteiger partial charge in [0.1, 0.15) is 11.9 Å². The van der Waals surface area contributed by atoms with Crippen LogP contribution in [0.4, 0.5) is 5.82 Å². The number of hydrogen-bond donors (Lipinski definition) is 1. The van der Waals surface area contributed by atoms with Gasteiger partial charge in [-0.3, -0.25) is 0 Å². The van der Waals surface area contributed by atoms with Crippen molar-refractivity contribution >= 4 is 5.82 Å². The molecule has 4 heteroatoms. The maximum atomic E-state index is 8.33. The van der Waals surface area contributed by atoms with E-state index in [0.29, 0.717) is 11.5 Å². The molecular weight excluding hydrogens is 152 g/mol. The standard InChI is InChI=1S/C6H6N4.C2H6/c1-8-6-4-9-5(2-7)3-10-6;1-2/h3-4H,1H3,(H,8,10);1-2H3. The van der Waals surface area contributed by atoms with Crippen LogP contribution in [0.2, 0.25) is 0 Å². The van der Waals surface area contributed by atoms with Crippen molar-refractivity contribution in [3.8, 4) is 6.07 Å². The predicted molar refractivity (Wildman–Crippen MR) is 47.6 cm³/mol. The first kappa shape index (κ1) is 10.4. The summed E-state index contributed by atoms with van der Waals surface area (Å²) < 4.78 is 0. The summed E-state index contributed by atoms with van der Waals surface area (Å²) in [6.07, 6.45) is 2.93. The van der Waals surface area contributed by atoms with Gasteiger partial charge in [0.2, 0.25) is 0 Å². The highest BCUT2D eigenvalue weighted by Crippen LogP contribution is 1.96. The SMILES string of the molecule is CC.CNc1cnc(C#N)cn1. The molecular formula is C8H12N4.